The van der Waals surface area contributed by atoms with E-state index in [1.807, 2.05) is 11.6 Å². The largest absolute Gasteiger partial charge is 0.258 e. The molecular formula is C5H8N2S2. The summed E-state index contributed by atoms with van der Waals surface area (Å²) in [4.78, 5) is 4.07. The van der Waals surface area contributed by atoms with E-state index in [1.165, 1.54) is 0 Å². The molecule has 0 bridgehead atoms. The van der Waals surface area contributed by atoms with Crippen molar-refractivity contribution in [2.45, 2.75) is 11.3 Å². The van der Waals surface area contributed by atoms with Gasteiger partial charge in [0.2, 0.25) is 0 Å². The molecule has 9 heavy (non-hydrogen) atoms. The lowest BCUT2D eigenvalue weighted by Crippen LogP contribution is -1.99. The van der Waals surface area contributed by atoms with Gasteiger partial charge in [0.05, 0.1) is 0 Å². The number of hydrogen-bond acceptors (Lipinski definition) is 4. The van der Waals surface area contributed by atoms with Crippen LogP contribution in [0.15, 0.2) is 15.9 Å². The van der Waals surface area contributed by atoms with Gasteiger partial charge in [-0.1, -0.05) is 6.92 Å². The maximum atomic E-state index is 4.07. The van der Waals surface area contributed by atoms with E-state index in [2.05, 4.69) is 16.6 Å². The molecule has 1 rings (SSSR count). The molecule has 1 aromatic rings. The summed E-state index contributed by atoms with van der Waals surface area (Å²) in [7, 11) is 0. The minimum atomic E-state index is 0.976. The van der Waals surface area contributed by atoms with Crippen LogP contribution in [0.3, 0.4) is 0 Å². The van der Waals surface area contributed by atoms with Gasteiger partial charge in [0.15, 0.2) is 4.34 Å². The molecule has 0 radical (unpaired) electrons. The highest BCUT2D eigenvalue weighted by atomic mass is 32.2. The Hall–Kier alpha value is -0.0600. The fourth-order valence-corrected chi connectivity index (χ4v) is 1.67. The highest BCUT2D eigenvalue weighted by molar-refractivity contribution is 7.99. The highest BCUT2D eigenvalue weighted by Crippen LogP contribution is 2.15. The molecule has 1 aromatic heterocycles. The molecule has 2 nitrogen and oxygen atoms in total. The van der Waals surface area contributed by atoms with Gasteiger partial charge in [-0.3, -0.25) is 4.72 Å². The van der Waals surface area contributed by atoms with Gasteiger partial charge < -0.3 is 0 Å². The second-order valence-corrected chi connectivity index (χ2v) is 3.43. The van der Waals surface area contributed by atoms with E-state index in [0.29, 0.717) is 0 Å². The standard InChI is InChI=1S/C5H8N2S2/c1-2-7-9-5-6-3-4-8-5/h3-4,7H,2H2,1H3. The molecule has 0 saturated carbocycles. The third-order valence-corrected chi connectivity index (χ3v) is 2.53. The average Bonchev–Trinajstić information content (AvgIpc) is 2.34. The average molecular weight is 160 g/mol. The summed E-state index contributed by atoms with van der Waals surface area (Å²) < 4.78 is 4.20. The third-order valence-electron chi connectivity index (χ3n) is 0.713. The normalized spacial score (nSPS) is 9.89. The van der Waals surface area contributed by atoms with Crippen molar-refractivity contribution >= 4 is 23.3 Å². The molecule has 0 amide bonds. The first kappa shape index (κ1) is 7.05. The first-order chi connectivity index (χ1) is 4.43. The van der Waals surface area contributed by atoms with Crippen molar-refractivity contribution in [2.24, 2.45) is 0 Å². The second-order valence-electron chi connectivity index (χ2n) is 1.40. The number of hydrogen-bond donors (Lipinski definition) is 1. The zero-order chi connectivity index (χ0) is 6.53. The smallest absolute Gasteiger partial charge is 0.164 e. The van der Waals surface area contributed by atoms with Gasteiger partial charge in [-0.05, 0) is 11.9 Å². The fourth-order valence-electron chi connectivity index (χ4n) is 0.395. The van der Waals surface area contributed by atoms with Crippen molar-refractivity contribution in [3.05, 3.63) is 11.6 Å². The van der Waals surface area contributed by atoms with E-state index in [9.17, 15) is 0 Å². The molecule has 0 aliphatic rings. The molecule has 0 aliphatic heterocycles. The Kier molecular flexibility index (Phi) is 3.03. The van der Waals surface area contributed by atoms with Crippen LogP contribution in [-0.2, 0) is 0 Å². The Balaban J connectivity index is 2.30. The molecule has 0 saturated heterocycles. The van der Waals surface area contributed by atoms with E-state index in [0.717, 1.165) is 10.9 Å². The van der Waals surface area contributed by atoms with Crippen molar-refractivity contribution in [2.75, 3.05) is 6.54 Å². The van der Waals surface area contributed by atoms with Crippen LogP contribution in [0.4, 0.5) is 0 Å². The van der Waals surface area contributed by atoms with Gasteiger partial charge in [0.25, 0.3) is 0 Å². The van der Waals surface area contributed by atoms with Crippen LogP contribution in [0.5, 0.6) is 0 Å². The Morgan fingerprint density at radius 3 is 3.33 bits per heavy atom. The van der Waals surface area contributed by atoms with Gasteiger partial charge in [-0.25, -0.2) is 4.98 Å². The predicted molar refractivity (Wildman–Crippen MR) is 41.6 cm³/mol. The Morgan fingerprint density at radius 1 is 1.89 bits per heavy atom. The van der Waals surface area contributed by atoms with Crippen molar-refractivity contribution in [3.63, 3.8) is 0 Å². The molecule has 0 spiro atoms. The minimum Gasteiger partial charge on any atom is -0.258 e. The zero-order valence-corrected chi connectivity index (χ0v) is 6.76. The fraction of sp³-hybridized carbons (Fsp3) is 0.400. The topological polar surface area (TPSA) is 24.9 Å². The van der Waals surface area contributed by atoms with E-state index in [-0.39, 0.29) is 0 Å². The monoisotopic (exact) mass is 160 g/mol. The van der Waals surface area contributed by atoms with Crippen LogP contribution in [0.1, 0.15) is 6.92 Å². The Bertz CT molecular complexity index is 150. The molecule has 0 atom stereocenters. The number of thiazole rings is 1. The van der Waals surface area contributed by atoms with Crippen LogP contribution >= 0.6 is 23.3 Å². The first-order valence-electron chi connectivity index (χ1n) is 2.72. The summed E-state index contributed by atoms with van der Waals surface area (Å²) in [6.07, 6.45) is 1.81. The van der Waals surface area contributed by atoms with Gasteiger partial charge in [0, 0.05) is 18.1 Å². The van der Waals surface area contributed by atoms with Gasteiger partial charge >= 0.3 is 0 Å². The molecule has 50 valence electrons. The maximum absolute atomic E-state index is 4.07. The molecule has 0 fully saturated rings. The van der Waals surface area contributed by atoms with Crippen molar-refractivity contribution in [3.8, 4) is 0 Å². The van der Waals surface area contributed by atoms with Crippen LogP contribution in [0, 0.1) is 0 Å². The van der Waals surface area contributed by atoms with Crippen molar-refractivity contribution in [1.82, 2.24) is 9.71 Å². The summed E-state index contributed by atoms with van der Waals surface area (Å²) in [6.45, 7) is 3.05. The summed E-state index contributed by atoms with van der Waals surface area (Å²) in [5.41, 5.74) is 0. The molecule has 0 unspecified atom stereocenters. The van der Waals surface area contributed by atoms with Gasteiger partial charge in [-0.2, -0.15) is 0 Å². The van der Waals surface area contributed by atoms with E-state index >= 15 is 0 Å². The maximum Gasteiger partial charge on any atom is 0.164 e. The van der Waals surface area contributed by atoms with Crippen LogP contribution < -0.4 is 4.72 Å². The lowest BCUT2D eigenvalue weighted by molar-refractivity contribution is 1.03. The summed E-state index contributed by atoms with van der Waals surface area (Å²) >= 11 is 3.24. The summed E-state index contributed by atoms with van der Waals surface area (Å²) in [6, 6.07) is 0. The molecule has 1 heterocycles. The lowest BCUT2D eigenvalue weighted by Gasteiger charge is -1.92. The zero-order valence-electron chi connectivity index (χ0n) is 5.13. The molecule has 4 heteroatoms. The van der Waals surface area contributed by atoms with E-state index in [1.54, 1.807) is 23.3 Å². The molecule has 0 aliphatic carbocycles. The SMILES string of the molecule is CCNSc1nccs1. The molecular weight excluding hydrogens is 152 g/mol. The highest BCUT2D eigenvalue weighted by Gasteiger charge is 1.91. The van der Waals surface area contributed by atoms with E-state index in [4.69, 9.17) is 0 Å². The first-order valence-corrected chi connectivity index (χ1v) is 4.42. The summed E-state index contributed by atoms with van der Waals surface area (Å²) in [5, 5.41) is 1.97. The molecule has 0 aromatic carbocycles. The predicted octanol–water partition coefficient (Wildman–Crippen LogP) is 1.76. The van der Waals surface area contributed by atoms with Crippen molar-refractivity contribution in [1.29, 1.82) is 0 Å². The number of rotatable bonds is 3. The Labute approximate surface area is 62.8 Å². The number of nitrogens with zero attached hydrogens (tertiary/aromatic N) is 1. The van der Waals surface area contributed by atoms with Gasteiger partial charge in [-0.15, -0.1) is 11.3 Å². The third kappa shape index (κ3) is 2.34. The lowest BCUT2D eigenvalue weighted by atomic mass is 10.8. The van der Waals surface area contributed by atoms with Crippen LogP contribution in [0.25, 0.3) is 0 Å². The Morgan fingerprint density at radius 2 is 2.78 bits per heavy atom. The van der Waals surface area contributed by atoms with Crippen LogP contribution in [-0.4, -0.2) is 11.5 Å². The van der Waals surface area contributed by atoms with Crippen LogP contribution in [0.2, 0.25) is 0 Å². The minimum absolute atomic E-state index is 0.976. The second kappa shape index (κ2) is 3.87. The van der Waals surface area contributed by atoms with Gasteiger partial charge in [0.1, 0.15) is 0 Å². The van der Waals surface area contributed by atoms with E-state index < -0.39 is 0 Å². The van der Waals surface area contributed by atoms with Crippen molar-refractivity contribution < 1.29 is 0 Å². The quantitative estimate of drug-likeness (QED) is 0.682. The summed E-state index contributed by atoms with van der Waals surface area (Å²) in [5.74, 6) is 0. The number of aromatic nitrogens is 1. The molecule has 1 N–H and O–H groups in total. The number of nitrogens with one attached hydrogen (secondary N) is 1.